The molecular formula is C12H19F6N4O4P. The van der Waals surface area contributed by atoms with Crippen LogP contribution in [0.15, 0.2) is 5.16 Å². The zero-order valence-electron chi connectivity index (χ0n) is 14.7. The molecule has 1 aliphatic heterocycles. The molecule has 0 spiro atoms. The molecule has 0 N–H and O–H groups in total. The van der Waals surface area contributed by atoms with Crippen LogP contribution < -0.4 is 0 Å². The SMILES string of the molecule is CCOC(=O)/C(C#N)=N/OC(N1CCOCC1)=[N+](C)C.F[P-](F)(F)(F)(F)F. The van der Waals surface area contributed by atoms with Crippen LogP contribution in [0, 0.1) is 11.3 Å². The number of carbonyl (C=O) groups is 1. The van der Waals surface area contributed by atoms with Gasteiger partial charge in [0.25, 0.3) is 5.71 Å². The van der Waals surface area contributed by atoms with Gasteiger partial charge in [0.1, 0.15) is 19.2 Å². The van der Waals surface area contributed by atoms with Crippen molar-refractivity contribution in [3.05, 3.63) is 0 Å². The maximum absolute atomic E-state index is 11.4. The van der Waals surface area contributed by atoms with Crippen molar-refractivity contribution in [1.29, 1.82) is 5.26 Å². The van der Waals surface area contributed by atoms with Crippen LogP contribution in [-0.2, 0) is 19.1 Å². The van der Waals surface area contributed by atoms with E-state index in [1.807, 2.05) is 4.90 Å². The summed E-state index contributed by atoms with van der Waals surface area (Å²) in [6, 6.07) is 2.11. The van der Waals surface area contributed by atoms with E-state index >= 15 is 0 Å². The summed E-state index contributed by atoms with van der Waals surface area (Å²) >= 11 is 0. The zero-order valence-corrected chi connectivity index (χ0v) is 15.6. The number of oxime groups is 1. The molecule has 1 aliphatic rings. The number of ether oxygens (including phenoxy) is 2. The summed E-state index contributed by atoms with van der Waals surface area (Å²) < 4.78 is 70.9. The number of nitrogens with zero attached hydrogens (tertiary/aromatic N) is 4. The molecule has 1 heterocycles. The summed E-state index contributed by atoms with van der Waals surface area (Å²) in [5, 5.41) is 12.4. The van der Waals surface area contributed by atoms with Gasteiger partial charge in [0, 0.05) is 0 Å². The van der Waals surface area contributed by atoms with Crippen molar-refractivity contribution in [2.45, 2.75) is 6.92 Å². The Morgan fingerprint density at radius 1 is 1.22 bits per heavy atom. The van der Waals surface area contributed by atoms with Gasteiger partial charge in [-0.3, -0.25) is 4.84 Å². The van der Waals surface area contributed by atoms with Crippen molar-refractivity contribution in [2.75, 3.05) is 47.0 Å². The first-order valence-corrected chi connectivity index (χ1v) is 9.33. The van der Waals surface area contributed by atoms with Crippen LogP contribution in [0.2, 0.25) is 0 Å². The van der Waals surface area contributed by atoms with Crippen LogP contribution >= 0.6 is 7.81 Å². The number of nitriles is 1. The first-order valence-electron chi connectivity index (χ1n) is 7.30. The average molecular weight is 428 g/mol. The molecule has 0 atom stereocenters. The fourth-order valence-corrected chi connectivity index (χ4v) is 1.57. The molecule has 1 rings (SSSR count). The number of rotatable bonds is 3. The minimum atomic E-state index is -10.7. The topological polar surface area (TPSA) is 87.2 Å². The molecule has 8 nitrogen and oxygen atoms in total. The van der Waals surface area contributed by atoms with Gasteiger partial charge in [-0.15, -0.1) is 0 Å². The van der Waals surface area contributed by atoms with E-state index in [-0.39, 0.29) is 6.61 Å². The van der Waals surface area contributed by atoms with E-state index in [9.17, 15) is 30.0 Å². The van der Waals surface area contributed by atoms with Gasteiger partial charge in [-0.1, -0.05) is 5.16 Å². The van der Waals surface area contributed by atoms with Gasteiger partial charge in [-0.25, -0.2) is 14.3 Å². The maximum atomic E-state index is 11.4. The fourth-order valence-electron chi connectivity index (χ4n) is 1.57. The number of hydrogen-bond acceptors (Lipinski definition) is 6. The quantitative estimate of drug-likeness (QED) is 0.131. The Morgan fingerprint density at radius 3 is 2.07 bits per heavy atom. The van der Waals surface area contributed by atoms with Crippen LogP contribution in [0.4, 0.5) is 25.2 Å². The van der Waals surface area contributed by atoms with Gasteiger partial charge in [0.05, 0.1) is 33.9 Å². The van der Waals surface area contributed by atoms with Crippen molar-refractivity contribution >= 4 is 25.5 Å². The van der Waals surface area contributed by atoms with E-state index in [1.165, 1.54) is 0 Å². The third-order valence-corrected chi connectivity index (χ3v) is 2.46. The summed E-state index contributed by atoms with van der Waals surface area (Å²) in [5.74, 6) is -0.796. The number of esters is 1. The molecule has 1 saturated heterocycles. The van der Waals surface area contributed by atoms with Crippen LogP contribution in [0.1, 0.15) is 6.92 Å². The van der Waals surface area contributed by atoms with Gasteiger partial charge in [-0.05, 0) is 6.92 Å². The minimum absolute atomic E-state index is 0.174. The van der Waals surface area contributed by atoms with Crippen molar-refractivity contribution in [3.8, 4) is 6.07 Å². The first kappa shape index (κ1) is 24.9. The van der Waals surface area contributed by atoms with Crippen molar-refractivity contribution < 1.29 is 48.9 Å². The van der Waals surface area contributed by atoms with E-state index in [4.69, 9.17) is 19.6 Å². The Morgan fingerprint density at radius 2 is 1.70 bits per heavy atom. The molecule has 0 saturated carbocycles. The fraction of sp³-hybridized carbons (Fsp3) is 0.667. The molecule has 0 bridgehead atoms. The van der Waals surface area contributed by atoms with E-state index in [0.717, 1.165) is 0 Å². The first-order chi connectivity index (χ1) is 12.0. The number of carbonyl (C=O) groups excluding carboxylic acids is 1. The Bertz CT molecular complexity index is 623. The van der Waals surface area contributed by atoms with E-state index in [1.54, 1.807) is 31.7 Å². The summed E-state index contributed by atoms with van der Waals surface area (Å²) in [6.45, 7) is 4.32. The molecule has 1 fully saturated rings. The van der Waals surface area contributed by atoms with Crippen LogP contribution in [0.5, 0.6) is 0 Å². The second kappa shape index (κ2) is 8.71. The number of morpholine rings is 1. The monoisotopic (exact) mass is 428 g/mol. The van der Waals surface area contributed by atoms with Crippen LogP contribution in [0.3, 0.4) is 0 Å². The Balaban J connectivity index is 0.000000821. The molecule has 0 aromatic rings. The van der Waals surface area contributed by atoms with Crippen LogP contribution in [0.25, 0.3) is 0 Å². The van der Waals surface area contributed by atoms with E-state index < -0.39 is 19.5 Å². The van der Waals surface area contributed by atoms with Gasteiger partial charge >= 0.3 is 45.0 Å². The molecule has 0 aliphatic carbocycles. The third kappa shape index (κ3) is 14.7. The normalized spacial score (nSPS) is 17.3. The Hall–Kier alpha value is -2.13. The summed E-state index contributed by atoms with van der Waals surface area (Å²) in [6.07, 6.45) is 0. The second-order valence-electron chi connectivity index (χ2n) is 5.10. The molecule has 158 valence electrons. The number of amidine groups is 1. The van der Waals surface area contributed by atoms with Crippen molar-refractivity contribution in [2.24, 2.45) is 5.16 Å². The molecule has 0 aromatic heterocycles. The van der Waals surface area contributed by atoms with Crippen molar-refractivity contribution in [3.63, 3.8) is 0 Å². The van der Waals surface area contributed by atoms with E-state index in [0.29, 0.717) is 32.3 Å². The van der Waals surface area contributed by atoms with E-state index in [2.05, 4.69) is 5.16 Å². The van der Waals surface area contributed by atoms with Gasteiger partial charge < -0.3 is 9.47 Å². The van der Waals surface area contributed by atoms with Crippen LogP contribution in [-0.4, -0.2) is 74.2 Å². The molecule has 27 heavy (non-hydrogen) atoms. The third-order valence-electron chi connectivity index (χ3n) is 2.46. The standard InChI is InChI=1S/C12H19N4O4.F6P/c1-4-19-11(17)10(9-13)14-20-12(15(2)3)16-5-7-18-8-6-16;1-7(2,3,4,5)6/h4-8H2,1-3H3;/q+1;-1/b14-10+;. The molecule has 0 radical (unpaired) electrons. The summed E-state index contributed by atoms with van der Waals surface area (Å²) in [7, 11) is -7.08. The van der Waals surface area contributed by atoms with Crippen molar-refractivity contribution in [1.82, 2.24) is 4.90 Å². The van der Waals surface area contributed by atoms with Gasteiger partial charge in [-0.2, -0.15) is 5.26 Å². The predicted molar refractivity (Wildman–Crippen MR) is 83.8 cm³/mol. The number of halogens is 6. The molecule has 0 unspecified atom stereocenters. The summed E-state index contributed by atoms with van der Waals surface area (Å²) in [4.78, 5) is 18.6. The van der Waals surface area contributed by atoms with Gasteiger partial charge in [0.2, 0.25) is 0 Å². The Labute approximate surface area is 150 Å². The zero-order chi connectivity index (χ0) is 21.4. The van der Waals surface area contributed by atoms with Gasteiger partial charge in [0.15, 0.2) is 0 Å². The molecule has 0 aromatic carbocycles. The molecule has 15 heteroatoms. The molecule has 0 amide bonds. The second-order valence-corrected chi connectivity index (χ2v) is 7.01. The summed E-state index contributed by atoms with van der Waals surface area (Å²) in [5.41, 5.74) is -0.417. The Kier molecular flexibility index (Phi) is 8.02. The molecular weight excluding hydrogens is 409 g/mol. The number of hydrogen-bond donors (Lipinski definition) is 0. The average Bonchev–Trinajstić information content (AvgIpc) is 2.49. The predicted octanol–water partition coefficient (Wildman–Crippen LogP) is 2.79.